The molecule has 0 aliphatic heterocycles. The Bertz CT molecular complexity index is 677. The Morgan fingerprint density at radius 3 is 2.67 bits per heavy atom. The van der Waals surface area contributed by atoms with Crippen LogP contribution in [0, 0.1) is 0 Å². The van der Waals surface area contributed by atoms with Crippen LogP contribution in [0.25, 0.3) is 0 Å². The molecule has 0 saturated heterocycles. The van der Waals surface area contributed by atoms with Crippen LogP contribution in [0.4, 0.5) is 0 Å². The summed E-state index contributed by atoms with van der Waals surface area (Å²) in [4.78, 5) is 12.2. The molecule has 1 amide bonds. The van der Waals surface area contributed by atoms with Gasteiger partial charge in [-0.25, -0.2) is 0 Å². The van der Waals surface area contributed by atoms with Crippen molar-refractivity contribution in [2.24, 2.45) is 0 Å². The molecule has 2 aromatic rings. The van der Waals surface area contributed by atoms with Gasteiger partial charge in [0.25, 0.3) is 5.91 Å². The van der Waals surface area contributed by atoms with E-state index >= 15 is 0 Å². The third-order valence-corrected chi connectivity index (χ3v) is 4.57. The van der Waals surface area contributed by atoms with Gasteiger partial charge in [-0.15, -0.1) is 0 Å². The molecule has 21 heavy (non-hydrogen) atoms. The number of nitrogens with one attached hydrogen (secondary N) is 1. The van der Waals surface area contributed by atoms with Crippen molar-refractivity contribution < 1.29 is 9.53 Å². The average molecular weight is 389 g/mol. The van der Waals surface area contributed by atoms with Crippen LogP contribution in [0.5, 0.6) is 5.75 Å². The number of carbonyl (C=O) groups excluding carboxylic acids is 1. The molecule has 3 nitrogen and oxygen atoms in total. The lowest BCUT2D eigenvalue weighted by molar-refractivity contribution is 0.0951. The molecule has 0 aromatic heterocycles. The minimum absolute atomic E-state index is 0.254. The lowest BCUT2D eigenvalue weighted by Crippen LogP contribution is -2.23. The first-order chi connectivity index (χ1) is 10.0. The highest BCUT2D eigenvalue weighted by Crippen LogP contribution is 2.28. The second-order valence-corrected chi connectivity index (χ2v) is 5.84. The fraction of sp³-hybridized carbons (Fsp3) is 0.133. The Morgan fingerprint density at radius 1 is 1.24 bits per heavy atom. The lowest BCUT2D eigenvalue weighted by Gasteiger charge is -2.12. The van der Waals surface area contributed by atoms with Gasteiger partial charge in [-0.3, -0.25) is 4.79 Å². The summed E-state index contributed by atoms with van der Waals surface area (Å²) in [7, 11) is 1.56. The molecule has 0 radical (unpaired) electrons. The first-order valence-electron chi connectivity index (χ1n) is 6.08. The van der Waals surface area contributed by atoms with E-state index in [9.17, 15) is 4.79 Å². The number of hydrogen-bond donors (Lipinski definition) is 1. The Balaban J connectivity index is 2.17. The van der Waals surface area contributed by atoms with E-state index < -0.39 is 0 Å². The average Bonchev–Trinajstić information content (AvgIpc) is 2.48. The molecule has 0 bridgehead atoms. The van der Waals surface area contributed by atoms with Crippen LogP contribution >= 0.6 is 39.1 Å². The van der Waals surface area contributed by atoms with E-state index in [1.54, 1.807) is 43.5 Å². The van der Waals surface area contributed by atoms with Gasteiger partial charge in [0.2, 0.25) is 0 Å². The van der Waals surface area contributed by atoms with E-state index in [-0.39, 0.29) is 12.5 Å². The predicted octanol–water partition coefficient (Wildman–Crippen LogP) is 4.69. The SMILES string of the molecule is COc1cccc(Cl)c1CNC(=O)c1cccc(Br)c1Cl. The van der Waals surface area contributed by atoms with Gasteiger partial charge in [0, 0.05) is 21.6 Å². The van der Waals surface area contributed by atoms with Crippen molar-refractivity contribution in [3.05, 3.63) is 62.0 Å². The van der Waals surface area contributed by atoms with E-state index in [4.69, 9.17) is 27.9 Å². The van der Waals surface area contributed by atoms with Crippen LogP contribution in [0.3, 0.4) is 0 Å². The Kier molecular flexibility index (Phi) is 5.51. The third-order valence-electron chi connectivity index (χ3n) is 2.92. The van der Waals surface area contributed by atoms with Crippen molar-refractivity contribution in [2.75, 3.05) is 7.11 Å². The van der Waals surface area contributed by atoms with Gasteiger partial charge in [-0.1, -0.05) is 35.3 Å². The van der Waals surface area contributed by atoms with Gasteiger partial charge in [0.15, 0.2) is 0 Å². The van der Waals surface area contributed by atoms with E-state index in [2.05, 4.69) is 21.2 Å². The molecule has 0 unspecified atom stereocenters. The van der Waals surface area contributed by atoms with Crippen LogP contribution in [0.1, 0.15) is 15.9 Å². The van der Waals surface area contributed by atoms with Crippen LogP contribution in [-0.2, 0) is 6.54 Å². The summed E-state index contributed by atoms with van der Waals surface area (Å²) in [6, 6.07) is 10.5. The van der Waals surface area contributed by atoms with Crippen molar-refractivity contribution in [1.29, 1.82) is 0 Å². The van der Waals surface area contributed by atoms with Crippen molar-refractivity contribution >= 4 is 45.0 Å². The van der Waals surface area contributed by atoms with Crippen molar-refractivity contribution in [3.8, 4) is 5.75 Å². The number of carbonyl (C=O) groups is 1. The Hall–Kier alpha value is -1.23. The van der Waals surface area contributed by atoms with Gasteiger partial charge in [-0.2, -0.15) is 0 Å². The van der Waals surface area contributed by atoms with Crippen molar-refractivity contribution in [2.45, 2.75) is 6.54 Å². The monoisotopic (exact) mass is 387 g/mol. The summed E-state index contributed by atoms with van der Waals surface area (Å²) in [5.41, 5.74) is 1.12. The smallest absolute Gasteiger partial charge is 0.253 e. The number of hydrogen-bond acceptors (Lipinski definition) is 2. The molecule has 0 fully saturated rings. The van der Waals surface area contributed by atoms with Crippen LogP contribution in [0.15, 0.2) is 40.9 Å². The zero-order valence-corrected chi connectivity index (χ0v) is 14.2. The Morgan fingerprint density at radius 2 is 1.95 bits per heavy atom. The molecule has 0 aliphatic rings. The van der Waals surface area contributed by atoms with Crippen molar-refractivity contribution in [1.82, 2.24) is 5.32 Å². The lowest BCUT2D eigenvalue weighted by atomic mass is 10.1. The fourth-order valence-corrected chi connectivity index (χ4v) is 2.66. The van der Waals surface area contributed by atoms with Gasteiger partial charge in [0.1, 0.15) is 5.75 Å². The maximum Gasteiger partial charge on any atom is 0.253 e. The molecule has 6 heteroatoms. The Labute approximate surface area is 141 Å². The maximum absolute atomic E-state index is 12.2. The van der Waals surface area contributed by atoms with Crippen LogP contribution in [-0.4, -0.2) is 13.0 Å². The first-order valence-corrected chi connectivity index (χ1v) is 7.63. The minimum atomic E-state index is -0.275. The van der Waals surface area contributed by atoms with E-state index in [0.717, 1.165) is 5.56 Å². The third kappa shape index (κ3) is 3.70. The summed E-state index contributed by atoms with van der Waals surface area (Å²) >= 11 is 15.5. The molecule has 2 rings (SSSR count). The standard InChI is InChI=1S/C15H12BrCl2NO2/c1-21-13-7-3-6-12(17)10(13)8-19-15(20)9-4-2-5-11(16)14(9)18/h2-7H,8H2,1H3,(H,19,20). The van der Waals surface area contributed by atoms with Crippen molar-refractivity contribution in [3.63, 3.8) is 0 Å². The molecular weight excluding hydrogens is 377 g/mol. The first kappa shape index (κ1) is 16.1. The number of rotatable bonds is 4. The second kappa shape index (κ2) is 7.16. The molecule has 0 aliphatic carbocycles. The largest absolute Gasteiger partial charge is 0.496 e. The fourth-order valence-electron chi connectivity index (χ4n) is 1.84. The summed E-state index contributed by atoms with van der Waals surface area (Å²) in [5.74, 6) is 0.353. The number of ether oxygens (including phenoxy) is 1. The number of methoxy groups -OCH3 is 1. The molecule has 1 N–H and O–H groups in total. The number of benzene rings is 2. The van der Waals surface area contributed by atoms with Gasteiger partial charge < -0.3 is 10.1 Å². The highest BCUT2D eigenvalue weighted by Gasteiger charge is 2.14. The number of halogens is 3. The molecule has 110 valence electrons. The van der Waals surface area contributed by atoms with Crippen LogP contribution < -0.4 is 10.1 Å². The maximum atomic E-state index is 12.2. The topological polar surface area (TPSA) is 38.3 Å². The molecule has 0 atom stereocenters. The van der Waals surface area contributed by atoms with E-state index in [1.165, 1.54) is 0 Å². The molecular formula is C15H12BrCl2NO2. The van der Waals surface area contributed by atoms with Crippen LogP contribution in [0.2, 0.25) is 10.0 Å². The molecule has 0 saturated carbocycles. The zero-order valence-electron chi connectivity index (χ0n) is 11.1. The summed E-state index contributed by atoms with van der Waals surface area (Å²) in [5, 5.41) is 3.70. The quantitative estimate of drug-likeness (QED) is 0.824. The second-order valence-electron chi connectivity index (χ2n) is 4.20. The predicted molar refractivity (Wildman–Crippen MR) is 88.3 cm³/mol. The summed E-state index contributed by atoms with van der Waals surface area (Å²) < 4.78 is 5.91. The molecule has 0 heterocycles. The van der Waals surface area contributed by atoms with Gasteiger partial charge >= 0.3 is 0 Å². The highest BCUT2D eigenvalue weighted by molar-refractivity contribution is 9.10. The van der Waals surface area contributed by atoms with Gasteiger partial charge in [-0.05, 0) is 40.2 Å². The van der Waals surface area contributed by atoms with E-state index in [0.29, 0.717) is 25.8 Å². The zero-order chi connectivity index (χ0) is 15.4. The number of amides is 1. The van der Waals surface area contributed by atoms with E-state index in [1.807, 2.05) is 0 Å². The normalized spacial score (nSPS) is 10.3. The van der Waals surface area contributed by atoms with Gasteiger partial charge in [0.05, 0.1) is 17.7 Å². The highest BCUT2D eigenvalue weighted by atomic mass is 79.9. The minimum Gasteiger partial charge on any atom is -0.496 e. The molecule has 2 aromatic carbocycles. The molecule has 0 spiro atoms. The summed E-state index contributed by atoms with van der Waals surface area (Å²) in [6.07, 6.45) is 0. The summed E-state index contributed by atoms with van der Waals surface area (Å²) in [6.45, 7) is 0.254.